The molecule has 2 heterocycles. The highest BCUT2D eigenvalue weighted by molar-refractivity contribution is 7.99. The van der Waals surface area contributed by atoms with Gasteiger partial charge in [-0.2, -0.15) is 11.8 Å². The summed E-state index contributed by atoms with van der Waals surface area (Å²) in [6, 6.07) is 2.55. The molecule has 1 aromatic rings. The Morgan fingerprint density at radius 3 is 2.82 bits per heavy atom. The zero-order valence-corrected chi connectivity index (χ0v) is 11.1. The maximum absolute atomic E-state index is 12.1. The van der Waals surface area contributed by atoms with Gasteiger partial charge in [0, 0.05) is 18.1 Å². The molecule has 0 aromatic carbocycles. The van der Waals surface area contributed by atoms with E-state index in [4.69, 9.17) is 16.7 Å². The molecular weight excluding hydrogens is 282 g/mol. The van der Waals surface area contributed by atoms with Crippen molar-refractivity contribution >= 4 is 46.6 Å². The van der Waals surface area contributed by atoms with Gasteiger partial charge in [0.2, 0.25) is 0 Å². The van der Waals surface area contributed by atoms with Crippen LogP contribution in [0.15, 0.2) is 12.1 Å². The summed E-state index contributed by atoms with van der Waals surface area (Å²) in [6.45, 7) is 0.468. The van der Waals surface area contributed by atoms with E-state index < -0.39 is 12.0 Å². The second-order valence-corrected chi connectivity index (χ2v) is 6.40. The molecule has 1 atom stereocenters. The van der Waals surface area contributed by atoms with Gasteiger partial charge in [0.15, 0.2) is 0 Å². The zero-order valence-electron chi connectivity index (χ0n) is 8.76. The number of carbonyl (C=O) groups excluding carboxylic acids is 1. The number of hydrogen-bond acceptors (Lipinski definition) is 4. The van der Waals surface area contributed by atoms with Crippen LogP contribution < -0.4 is 0 Å². The van der Waals surface area contributed by atoms with Crippen molar-refractivity contribution in [3.05, 3.63) is 21.3 Å². The predicted molar refractivity (Wildman–Crippen MR) is 69.1 cm³/mol. The molecule has 0 bridgehead atoms. The van der Waals surface area contributed by atoms with Crippen LogP contribution in [0.5, 0.6) is 0 Å². The van der Waals surface area contributed by atoms with E-state index in [9.17, 15) is 9.59 Å². The summed E-state index contributed by atoms with van der Waals surface area (Å²) in [5, 5.41) is 9.08. The lowest BCUT2D eigenvalue weighted by atomic mass is 10.2. The quantitative estimate of drug-likeness (QED) is 0.906. The van der Waals surface area contributed by atoms with E-state index in [-0.39, 0.29) is 5.91 Å². The molecule has 0 radical (unpaired) electrons. The second kappa shape index (κ2) is 5.29. The molecular formula is C10H10ClNO3S2. The van der Waals surface area contributed by atoms with Crippen molar-refractivity contribution in [2.24, 2.45) is 0 Å². The molecule has 7 heteroatoms. The Bertz CT molecular complexity index is 449. The van der Waals surface area contributed by atoms with Gasteiger partial charge in [-0.3, -0.25) is 4.79 Å². The fourth-order valence-corrected chi connectivity index (χ4v) is 3.66. The van der Waals surface area contributed by atoms with E-state index in [1.165, 1.54) is 16.2 Å². The van der Waals surface area contributed by atoms with Gasteiger partial charge in [0.05, 0.1) is 9.21 Å². The molecule has 1 unspecified atom stereocenters. The lowest BCUT2D eigenvalue weighted by Crippen LogP contribution is -2.50. The largest absolute Gasteiger partial charge is 0.480 e. The number of carbonyl (C=O) groups is 2. The van der Waals surface area contributed by atoms with Crippen LogP contribution in [0.2, 0.25) is 4.34 Å². The Morgan fingerprint density at radius 1 is 1.47 bits per heavy atom. The minimum Gasteiger partial charge on any atom is -0.480 e. The molecule has 0 aliphatic carbocycles. The summed E-state index contributed by atoms with van der Waals surface area (Å²) >= 11 is 8.50. The lowest BCUT2D eigenvalue weighted by molar-refractivity contribution is -0.141. The topological polar surface area (TPSA) is 57.6 Å². The molecule has 2 rings (SSSR count). The van der Waals surface area contributed by atoms with Gasteiger partial charge in [0.1, 0.15) is 6.04 Å². The molecule has 1 N–H and O–H groups in total. The summed E-state index contributed by atoms with van der Waals surface area (Å²) in [6.07, 6.45) is 0. The SMILES string of the molecule is O=C(O)C1CSCCN1C(=O)c1ccc(Cl)s1. The number of halogens is 1. The maximum Gasteiger partial charge on any atom is 0.327 e. The zero-order chi connectivity index (χ0) is 12.4. The summed E-state index contributed by atoms with van der Waals surface area (Å²) in [5.41, 5.74) is 0. The number of hydrogen-bond donors (Lipinski definition) is 1. The van der Waals surface area contributed by atoms with E-state index in [0.29, 0.717) is 21.5 Å². The van der Waals surface area contributed by atoms with Crippen LogP contribution in [0.4, 0.5) is 0 Å². The van der Waals surface area contributed by atoms with Gasteiger partial charge in [-0.1, -0.05) is 11.6 Å². The molecule has 0 spiro atoms. The van der Waals surface area contributed by atoms with Crippen LogP contribution in [-0.2, 0) is 4.79 Å². The number of nitrogens with zero attached hydrogens (tertiary/aromatic N) is 1. The smallest absolute Gasteiger partial charge is 0.327 e. The highest BCUT2D eigenvalue weighted by atomic mass is 35.5. The van der Waals surface area contributed by atoms with E-state index in [2.05, 4.69) is 0 Å². The van der Waals surface area contributed by atoms with Crippen molar-refractivity contribution < 1.29 is 14.7 Å². The number of amides is 1. The van der Waals surface area contributed by atoms with Crippen molar-refractivity contribution in [2.45, 2.75) is 6.04 Å². The first kappa shape index (κ1) is 12.7. The monoisotopic (exact) mass is 291 g/mol. The standard InChI is InChI=1S/C10H10ClNO3S2/c11-8-2-1-7(17-8)9(13)12-3-4-16-5-6(12)10(14)15/h1-2,6H,3-5H2,(H,14,15). The third-order valence-corrected chi connectivity index (χ3v) is 4.70. The maximum atomic E-state index is 12.1. The Labute approximate surface area is 112 Å². The number of carboxylic acid groups (broad SMARTS) is 1. The van der Waals surface area contributed by atoms with E-state index in [0.717, 1.165) is 5.75 Å². The summed E-state index contributed by atoms with van der Waals surface area (Å²) < 4.78 is 0.534. The van der Waals surface area contributed by atoms with Gasteiger partial charge < -0.3 is 10.0 Å². The molecule has 4 nitrogen and oxygen atoms in total. The first-order valence-corrected chi connectivity index (χ1v) is 7.31. The Hall–Kier alpha value is -0.720. The number of carboxylic acids is 1. The summed E-state index contributed by atoms with van der Waals surface area (Å²) in [4.78, 5) is 25.1. The van der Waals surface area contributed by atoms with Crippen LogP contribution >= 0.6 is 34.7 Å². The molecule has 1 amide bonds. The van der Waals surface area contributed by atoms with E-state index in [1.54, 1.807) is 23.9 Å². The molecule has 0 saturated carbocycles. The van der Waals surface area contributed by atoms with Crippen LogP contribution in [0, 0.1) is 0 Å². The van der Waals surface area contributed by atoms with Crippen molar-refractivity contribution in [1.82, 2.24) is 4.90 Å². The average Bonchev–Trinajstić information content (AvgIpc) is 2.75. The summed E-state index contributed by atoms with van der Waals surface area (Å²) in [5.74, 6) is 0.0252. The van der Waals surface area contributed by atoms with E-state index in [1.807, 2.05) is 0 Å². The second-order valence-electron chi connectivity index (χ2n) is 3.53. The van der Waals surface area contributed by atoms with Gasteiger partial charge in [-0.05, 0) is 12.1 Å². The molecule has 1 aromatic heterocycles. The number of thioether (sulfide) groups is 1. The minimum absolute atomic E-state index is 0.241. The predicted octanol–water partition coefficient (Wildman–Crippen LogP) is 2.04. The highest BCUT2D eigenvalue weighted by Crippen LogP contribution is 2.25. The molecule has 1 aliphatic heterocycles. The van der Waals surface area contributed by atoms with E-state index >= 15 is 0 Å². The first-order valence-electron chi connectivity index (χ1n) is 4.96. The normalized spacial score (nSPS) is 20.3. The average molecular weight is 292 g/mol. The Balaban J connectivity index is 2.19. The van der Waals surface area contributed by atoms with Crippen LogP contribution in [0.25, 0.3) is 0 Å². The van der Waals surface area contributed by atoms with Gasteiger partial charge >= 0.3 is 5.97 Å². The van der Waals surface area contributed by atoms with Crippen LogP contribution in [-0.4, -0.2) is 46.0 Å². The summed E-state index contributed by atoms with van der Waals surface area (Å²) in [7, 11) is 0. The first-order chi connectivity index (χ1) is 8.09. The molecule has 1 aliphatic rings. The van der Waals surface area contributed by atoms with Crippen molar-refractivity contribution in [2.75, 3.05) is 18.1 Å². The molecule has 1 fully saturated rings. The fraction of sp³-hybridized carbons (Fsp3) is 0.400. The van der Waals surface area contributed by atoms with Gasteiger partial charge in [0.25, 0.3) is 5.91 Å². The van der Waals surface area contributed by atoms with Crippen molar-refractivity contribution in [1.29, 1.82) is 0 Å². The van der Waals surface area contributed by atoms with Crippen molar-refractivity contribution in [3.63, 3.8) is 0 Å². The Kier molecular flexibility index (Phi) is 3.96. The highest BCUT2D eigenvalue weighted by Gasteiger charge is 2.33. The fourth-order valence-electron chi connectivity index (χ4n) is 1.62. The van der Waals surface area contributed by atoms with Crippen LogP contribution in [0.1, 0.15) is 9.67 Å². The van der Waals surface area contributed by atoms with Crippen molar-refractivity contribution in [3.8, 4) is 0 Å². The van der Waals surface area contributed by atoms with Gasteiger partial charge in [-0.15, -0.1) is 11.3 Å². The van der Waals surface area contributed by atoms with Gasteiger partial charge in [-0.25, -0.2) is 4.79 Å². The number of thiophene rings is 1. The minimum atomic E-state index is -0.951. The lowest BCUT2D eigenvalue weighted by Gasteiger charge is -2.32. The van der Waals surface area contributed by atoms with Crippen LogP contribution in [0.3, 0.4) is 0 Å². The third-order valence-electron chi connectivity index (χ3n) is 2.46. The third kappa shape index (κ3) is 2.75. The molecule has 17 heavy (non-hydrogen) atoms. The number of aliphatic carboxylic acids is 1. The molecule has 1 saturated heterocycles. The molecule has 92 valence electrons. The Morgan fingerprint density at radius 2 is 2.24 bits per heavy atom. The number of rotatable bonds is 2.